The van der Waals surface area contributed by atoms with Crippen LogP contribution in [0.25, 0.3) is 0 Å². The minimum absolute atomic E-state index is 0.383. The van der Waals surface area contributed by atoms with Crippen molar-refractivity contribution in [1.29, 1.82) is 0 Å². The Morgan fingerprint density at radius 3 is 3.06 bits per heavy atom. The first kappa shape index (κ1) is 12.4. The third-order valence-electron chi connectivity index (χ3n) is 2.49. The average molecular weight is 312 g/mol. The van der Waals surface area contributed by atoms with Crippen LogP contribution in [-0.2, 0) is 0 Å². The van der Waals surface area contributed by atoms with Crippen LogP contribution < -0.4 is 11.1 Å². The first-order chi connectivity index (χ1) is 8.16. The zero-order chi connectivity index (χ0) is 12.3. The second-order valence-electron chi connectivity index (χ2n) is 3.88. The summed E-state index contributed by atoms with van der Waals surface area (Å²) in [6.45, 7) is 2.98. The first-order valence-electron chi connectivity index (χ1n) is 5.35. The highest BCUT2D eigenvalue weighted by molar-refractivity contribution is 9.10. The number of rotatable bonds is 4. The molecule has 0 saturated carbocycles. The van der Waals surface area contributed by atoms with Gasteiger partial charge in [-0.3, -0.25) is 0 Å². The molecule has 0 saturated heterocycles. The number of nitrogen functional groups attached to an aromatic ring is 1. The predicted octanol–water partition coefficient (Wildman–Crippen LogP) is 3.70. The number of hydrogen-bond donors (Lipinski definition) is 2. The van der Waals surface area contributed by atoms with Crippen LogP contribution in [0, 0.1) is 0 Å². The molecule has 5 heteroatoms. The third-order valence-corrected chi connectivity index (χ3v) is 3.99. The highest BCUT2D eigenvalue weighted by Crippen LogP contribution is 2.25. The van der Waals surface area contributed by atoms with Gasteiger partial charge in [0.2, 0.25) is 0 Å². The lowest BCUT2D eigenvalue weighted by atomic mass is 10.2. The maximum atomic E-state index is 5.90. The Kier molecular flexibility index (Phi) is 4.02. The Balaban J connectivity index is 2.00. The third kappa shape index (κ3) is 3.20. The Bertz CT molecular complexity index is 485. The van der Waals surface area contributed by atoms with Gasteiger partial charge in [-0.15, -0.1) is 11.3 Å². The number of nitrogens with two attached hydrogens (primary N) is 1. The molecule has 0 amide bonds. The molecule has 0 fully saturated rings. The van der Waals surface area contributed by atoms with E-state index in [9.17, 15) is 0 Å². The zero-order valence-electron chi connectivity index (χ0n) is 9.48. The second-order valence-corrected chi connectivity index (χ2v) is 5.73. The van der Waals surface area contributed by atoms with Gasteiger partial charge < -0.3 is 11.1 Å². The number of aromatic nitrogens is 1. The van der Waals surface area contributed by atoms with Gasteiger partial charge in [0.05, 0.1) is 16.4 Å². The molecule has 0 radical (unpaired) electrons. The van der Waals surface area contributed by atoms with E-state index in [1.807, 2.05) is 29.8 Å². The minimum Gasteiger partial charge on any atom is -0.397 e. The molecule has 3 N–H and O–H groups in total. The van der Waals surface area contributed by atoms with E-state index in [1.165, 1.54) is 0 Å². The molecule has 0 aliphatic heterocycles. The number of hydrogen-bond acceptors (Lipinski definition) is 4. The van der Waals surface area contributed by atoms with E-state index in [1.54, 1.807) is 11.3 Å². The number of benzene rings is 1. The van der Waals surface area contributed by atoms with Crippen LogP contribution in [0.15, 0.2) is 34.2 Å². The number of anilines is 2. The van der Waals surface area contributed by atoms with Crippen LogP contribution in [-0.4, -0.2) is 11.5 Å². The largest absolute Gasteiger partial charge is 0.397 e. The van der Waals surface area contributed by atoms with Crippen molar-refractivity contribution < 1.29 is 0 Å². The summed E-state index contributed by atoms with van der Waals surface area (Å²) in [4.78, 5) is 4.31. The molecule has 90 valence electrons. The smallest absolute Gasteiger partial charge is 0.0970 e. The van der Waals surface area contributed by atoms with Crippen LogP contribution >= 0.6 is 27.3 Å². The Morgan fingerprint density at radius 1 is 1.53 bits per heavy atom. The minimum atomic E-state index is 0.383. The van der Waals surface area contributed by atoms with Crippen LogP contribution in [0.1, 0.15) is 17.8 Å². The summed E-state index contributed by atoms with van der Waals surface area (Å²) in [7, 11) is 0. The quantitative estimate of drug-likeness (QED) is 0.846. The summed E-state index contributed by atoms with van der Waals surface area (Å²) >= 11 is 5.12. The fraction of sp³-hybridized carbons (Fsp3) is 0.250. The van der Waals surface area contributed by atoms with E-state index < -0.39 is 0 Å². The lowest BCUT2D eigenvalue weighted by Gasteiger charge is -2.13. The summed E-state index contributed by atoms with van der Waals surface area (Å²) in [6, 6.07) is 5.81. The van der Waals surface area contributed by atoms with Crippen molar-refractivity contribution in [1.82, 2.24) is 4.98 Å². The Hall–Kier alpha value is -1.07. The van der Waals surface area contributed by atoms with Gasteiger partial charge in [0.1, 0.15) is 0 Å². The van der Waals surface area contributed by atoms with E-state index in [-0.39, 0.29) is 0 Å². The molecule has 17 heavy (non-hydrogen) atoms. The molecule has 2 rings (SSSR count). The van der Waals surface area contributed by atoms with Crippen molar-refractivity contribution in [3.05, 3.63) is 39.3 Å². The molecule has 1 heterocycles. The van der Waals surface area contributed by atoms with Crippen molar-refractivity contribution in [2.24, 2.45) is 0 Å². The molecule has 1 aromatic heterocycles. The van der Waals surface area contributed by atoms with Gasteiger partial charge in [0, 0.05) is 28.5 Å². The lowest BCUT2D eigenvalue weighted by molar-refractivity contribution is 0.795. The highest BCUT2D eigenvalue weighted by atomic mass is 79.9. The standard InChI is InChI=1S/C12H14BrN3S/c1-8(12-15-4-5-17-12)7-16-11-6-9(13)2-3-10(11)14/h2-6,8,16H,7,14H2,1H3. The maximum Gasteiger partial charge on any atom is 0.0970 e. The Labute approximate surface area is 113 Å². The van der Waals surface area contributed by atoms with Crippen molar-refractivity contribution in [2.75, 3.05) is 17.6 Å². The molecule has 0 bridgehead atoms. The molecule has 1 aromatic carbocycles. The van der Waals surface area contributed by atoms with Crippen LogP contribution in [0.5, 0.6) is 0 Å². The topological polar surface area (TPSA) is 50.9 Å². The van der Waals surface area contributed by atoms with Gasteiger partial charge in [0.25, 0.3) is 0 Å². The van der Waals surface area contributed by atoms with Crippen molar-refractivity contribution >= 4 is 38.6 Å². The van der Waals surface area contributed by atoms with Crippen molar-refractivity contribution in [3.63, 3.8) is 0 Å². The van der Waals surface area contributed by atoms with Gasteiger partial charge >= 0.3 is 0 Å². The number of thiazole rings is 1. The normalized spacial score (nSPS) is 12.4. The molecule has 2 aromatic rings. The van der Waals surface area contributed by atoms with Crippen LogP contribution in [0.2, 0.25) is 0 Å². The van der Waals surface area contributed by atoms with Gasteiger partial charge in [-0.1, -0.05) is 22.9 Å². The summed E-state index contributed by atoms with van der Waals surface area (Å²) in [5.41, 5.74) is 7.62. The molecule has 1 unspecified atom stereocenters. The van der Waals surface area contributed by atoms with E-state index in [4.69, 9.17) is 5.73 Å². The molecule has 0 spiro atoms. The fourth-order valence-corrected chi connectivity index (χ4v) is 2.57. The van der Waals surface area contributed by atoms with Gasteiger partial charge in [-0.25, -0.2) is 4.98 Å². The van der Waals surface area contributed by atoms with Crippen LogP contribution in [0.4, 0.5) is 11.4 Å². The van der Waals surface area contributed by atoms with Crippen molar-refractivity contribution in [3.8, 4) is 0 Å². The van der Waals surface area contributed by atoms with E-state index in [2.05, 4.69) is 33.2 Å². The maximum absolute atomic E-state index is 5.90. The molecular weight excluding hydrogens is 298 g/mol. The molecular formula is C12H14BrN3S. The SMILES string of the molecule is CC(CNc1cc(Br)ccc1N)c1nccs1. The summed E-state index contributed by atoms with van der Waals surface area (Å²) in [6.07, 6.45) is 1.84. The van der Waals surface area contributed by atoms with Gasteiger partial charge in [0.15, 0.2) is 0 Å². The zero-order valence-corrected chi connectivity index (χ0v) is 11.9. The van der Waals surface area contributed by atoms with E-state index in [0.717, 1.165) is 27.4 Å². The molecule has 0 aliphatic carbocycles. The average Bonchev–Trinajstić information content (AvgIpc) is 2.83. The second kappa shape index (κ2) is 5.51. The summed E-state index contributed by atoms with van der Waals surface area (Å²) < 4.78 is 1.02. The molecule has 0 aliphatic rings. The number of halogens is 1. The lowest BCUT2D eigenvalue weighted by Crippen LogP contribution is -2.10. The first-order valence-corrected chi connectivity index (χ1v) is 7.02. The monoisotopic (exact) mass is 311 g/mol. The molecule has 3 nitrogen and oxygen atoms in total. The van der Waals surface area contributed by atoms with Crippen molar-refractivity contribution in [2.45, 2.75) is 12.8 Å². The highest BCUT2D eigenvalue weighted by Gasteiger charge is 2.08. The molecule has 1 atom stereocenters. The summed E-state index contributed by atoms with van der Waals surface area (Å²) in [5, 5.41) is 6.50. The number of nitrogens with one attached hydrogen (secondary N) is 1. The van der Waals surface area contributed by atoms with E-state index >= 15 is 0 Å². The van der Waals surface area contributed by atoms with Gasteiger partial charge in [-0.2, -0.15) is 0 Å². The summed E-state index contributed by atoms with van der Waals surface area (Å²) in [5.74, 6) is 0.383. The number of nitrogens with zero attached hydrogens (tertiary/aromatic N) is 1. The van der Waals surface area contributed by atoms with Crippen LogP contribution in [0.3, 0.4) is 0 Å². The van der Waals surface area contributed by atoms with Gasteiger partial charge in [-0.05, 0) is 18.2 Å². The van der Waals surface area contributed by atoms with E-state index in [0.29, 0.717) is 5.92 Å². The Morgan fingerprint density at radius 2 is 2.35 bits per heavy atom. The fourth-order valence-electron chi connectivity index (χ4n) is 1.51. The predicted molar refractivity (Wildman–Crippen MR) is 77.6 cm³/mol.